The maximum atomic E-state index is 10.7. The fourth-order valence-corrected chi connectivity index (χ4v) is 0.913. The van der Waals surface area contributed by atoms with Gasteiger partial charge in [-0.15, -0.1) is 0 Å². The fourth-order valence-electron chi connectivity index (χ4n) is 0.913. The van der Waals surface area contributed by atoms with Crippen LogP contribution in [0, 0.1) is 5.92 Å². The molecular weight excluding hydrogens is 140 g/mol. The Labute approximate surface area is 68.9 Å². The summed E-state index contributed by atoms with van der Waals surface area (Å²) in [6, 6.07) is 0. The number of carbonyl (C=O) groups excluding carboxylic acids is 1. The number of rotatable bonds is 5. The Morgan fingerprint density at radius 3 is 2.55 bits per heavy atom. The smallest absolute Gasteiger partial charge is 0.305 e. The molecule has 0 saturated heterocycles. The third-order valence-corrected chi connectivity index (χ3v) is 1.60. The van der Waals surface area contributed by atoms with Crippen LogP contribution < -0.4 is 0 Å². The van der Waals surface area contributed by atoms with Gasteiger partial charge in [0.1, 0.15) is 0 Å². The predicted octanol–water partition coefficient (Wildman–Crippen LogP) is 2.38. The van der Waals surface area contributed by atoms with Gasteiger partial charge in [0.05, 0.1) is 6.61 Å². The predicted molar refractivity (Wildman–Crippen MR) is 45.3 cm³/mol. The Hall–Kier alpha value is -0.530. The zero-order chi connectivity index (χ0) is 8.69. The zero-order valence-corrected chi connectivity index (χ0v) is 7.72. The first-order valence-electron chi connectivity index (χ1n) is 4.36. The van der Waals surface area contributed by atoms with E-state index in [1.807, 2.05) is 6.92 Å². The SMILES string of the molecule is CCCC(C)COC(=O)CC. The van der Waals surface area contributed by atoms with E-state index >= 15 is 0 Å². The molecule has 2 nitrogen and oxygen atoms in total. The average Bonchev–Trinajstić information content (AvgIpc) is 2.01. The lowest BCUT2D eigenvalue weighted by molar-refractivity contribution is -0.144. The lowest BCUT2D eigenvalue weighted by Crippen LogP contribution is -2.10. The Morgan fingerprint density at radius 1 is 1.45 bits per heavy atom. The molecule has 0 aromatic carbocycles. The van der Waals surface area contributed by atoms with Crippen molar-refractivity contribution in [1.29, 1.82) is 0 Å². The molecule has 0 radical (unpaired) electrons. The van der Waals surface area contributed by atoms with Crippen molar-refractivity contribution in [3.8, 4) is 0 Å². The first-order valence-corrected chi connectivity index (χ1v) is 4.36. The van der Waals surface area contributed by atoms with Gasteiger partial charge >= 0.3 is 5.97 Å². The largest absolute Gasteiger partial charge is 0.465 e. The normalized spacial score (nSPS) is 12.6. The second-order valence-electron chi connectivity index (χ2n) is 2.93. The summed E-state index contributed by atoms with van der Waals surface area (Å²) in [6.45, 7) is 6.64. The summed E-state index contributed by atoms with van der Waals surface area (Å²) in [7, 11) is 0. The van der Waals surface area contributed by atoms with Crippen LogP contribution in [0.4, 0.5) is 0 Å². The maximum absolute atomic E-state index is 10.7. The highest BCUT2D eigenvalue weighted by Crippen LogP contribution is 2.05. The molecule has 1 unspecified atom stereocenters. The van der Waals surface area contributed by atoms with Gasteiger partial charge in [-0.2, -0.15) is 0 Å². The summed E-state index contributed by atoms with van der Waals surface area (Å²) in [5.74, 6) is 0.420. The molecule has 0 aromatic rings. The number of hydrogen-bond acceptors (Lipinski definition) is 2. The molecule has 0 aliphatic carbocycles. The molecular formula is C9H18O2. The minimum atomic E-state index is -0.0899. The van der Waals surface area contributed by atoms with Crippen molar-refractivity contribution >= 4 is 5.97 Å². The highest BCUT2D eigenvalue weighted by atomic mass is 16.5. The van der Waals surface area contributed by atoms with Crippen molar-refractivity contribution in [3.05, 3.63) is 0 Å². The first kappa shape index (κ1) is 10.5. The highest BCUT2D eigenvalue weighted by molar-refractivity contribution is 5.68. The molecule has 0 spiro atoms. The van der Waals surface area contributed by atoms with Gasteiger partial charge in [-0.1, -0.05) is 27.2 Å². The van der Waals surface area contributed by atoms with Gasteiger partial charge < -0.3 is 4.74 Å². The number of esters is 1. The van der Waals surface area contributed by atoms with Gasteiger partial charge in [-0.05, 0) is 12.3 Å². The van der Waals surface area contributed by atoms with E-state index in [4.69, 9.17) is 4.74 Å². The van der Waals surface area contributed by atoms with Crippen LogP contribution in [0.5, 0.6) is 0 Å². The van der Waals surface area contributed by atoms with Crippen molar-refractivity contribution in [1.82, 2.24) is 0 Å². The Bertz CT molecular complexity index is 110. The third-order valence-electron chi connectivity index (χ3n) is 1.60. The maximum Gasteiger partial charge on any atom is 0.305 e. The van der Waals surface area contributed by atoms with Crippen LogP contribution in [0.3, 0.4) is 0 Å². The zero-order valence-electron chi connectivity index (χ0n) is 7.72. The van der Waals surface area contributed by atoms with E-state index in [2.05, 4.69) is 13.8 Å². The number of carbonyl (C=O) groups is 1. The fraction of sp³-hybridized carbons (Fsp3) is 0.889. The van der Waals surface area contributed by atoms with E-state index in [1.54, 1.807) is 0 Å². The second-order valence-corrected chi connectivity index (χ2v) is 2.93. The molecule has 1 atom stereocenters. The molecule has 66 valence electrons. The molecule has 0 heterocycles. The average molecular weight is 158 g/mol. The van der Waals surface area contributed by atoms with Crippen LogP contribution in [0.25, 0.3) is 0 Å². The van der Waals surface area contributed by atoms with Crippen LogP contribution in [0.2, 0.25) is 0 Å². The molecule has 0 amide bonds. The van der Waals surface area contributed by atoms with Crippen LogP contribution in [-0.4, -0.2) is 12.6 Å². The van der Waals surface area contributed by atoms with Crippen LogP contribution >= 0.6 is 0 Å². The van der Waals surface area contributed by atoms with Gasteiger partial charge in [0.2, 0.25) is 0 Å². The van der Waals surface area contributed by atoms with Crippen LogP contribution in [-0.2, 0) is 9.53 Å². The van der Waals surface area contributed by atoms with Gasteiger partial charge in [0.25, 0.3) is 0 Å². The minimum Gasteiger partial charge on any atom is -0.465 e. The Kier molecular flexibility index (Phi) is 5.90. The van der Waals surface area contributed by atoms with Crippen molar-refractivity contribution < 1.29 is 9.53 Å². The quantitative estimate of drug-likeness (QED) is 0.574. The van der Waals surface area contributed by atoms with E-state index in [0.717, 1.165) is 12.8 Å². The van der Waals surface area contributed by atoms with E-state index in [9.17, 15) is 4.79 Å². The summed E-state index contributed by atoms with van der Waals surface area (Å²) in [6.07, 6.45) is 2.78. The van der Waals surface area contributed by atoms with Crippen molar-refractivity contribution in [3.63, 3.8) is 0 Å². The Morgan fingerprint density at radius 2 is 2.09 bits per heavy atom. The second kappa shape index (κ2) is 6.20. The molecule has 0 rings (SSSR count). The molecule has 11 heavy (non-hydrogen) atoms. The van der Waals surface area contributed by atoms with Gasteiger partial charge in [-0.25, -0.2) is 0 Å². The summed E-state index contributed by atoms with van der Waals surface area (Å²) >= 11 is 0. The van der Waals surface area contributed by atoms with E-state index in [1.165, 1.54) is 0 Å². The summed E-state index contributed by atoms with van der Waals surface area (Å²) in [5, 5.41) is 0. The first-order chi connectivity index (χ1) is 5.20. The van der Waals surface area contributed by atoms with Crippen molar-refractivity contribution in [2.24, 2.45) is 5.92 Å². The molecule has 2 heteroatoms. The van der Waals surface area contributed by atoms with E-state index < -0.39 is 0 Å². The van der Waals surface area contributed by atoms with Crippen LogP contribution in [0.15, 0.2) is 0 Å². The Balaban J connectivity index is 3.29. The van der Waals surface area contributed by atoms with Crippen LogP contribution in [0.1, 0.15) is 40.0 Å². The topological polar surface area (TPSA) is 26.3 Å². The van der Waals surface area contributed by atoms with Crippen molar-refractivity contribution in [2.45, 2.75) is 40.0 Å². The van der Waals surface area contributed by atoms with Crippen molar-refractivity contribution in [2.75, 3.05) is 6.61 Å². The van der Waals surface area contributed by atoms with Gasteiger partial charge in [0.15, 0.2) is 0 Å². The molecule has 0 aliphatic heterocycles. The summed E-state index contributed by atoms with van der Waals surface area (Å²) in [4.78, 5) is 10.7. The molecule has 0 N–H and O–H groups in total. The summed E-state index contributed by atoms with van der Waals surface area (Å²) in [5.41, 5.74) is 0. The monoisotopic (exact) mass is 158 g/mol. The molecule has 0 saturated carbocycles. The number of hydrogen-bond donors (Lipinski definition) is 0. The van der Waals surface area contributed by atoms with Gasteiger partial charge in [-0.3, -0.25) is 4.79 Å². The molecule has 0 aliphatic rings. The number of ether oxygens (including phenoxy) is 1. The molecule has 0 fully saturated rings. The molecule has 0 bridgehead atoms. The lowest BCUT2D eigenvalue weighted by atomic mass is 10.1. The third kappa shape index (κ3) is 5.89. The summed E-state index contributed by atoms with van der Waals surface area (Å²) < 4.78 is 4.97. The minimum absolute atomic E-state index is 0.0899. The standard InChI is InChI=1S/C9H18O2/c1-4-6-8(3)7-11-9(10)5-2/h8H,4-7H2,1-3H3. The van der Waals surface area contributed by atoms with Gasteiger partial charge in [0, 0.05) is 6.42 Å². The van der Waals surface area contributed by atoms with E-state index in [-0.39, 0.29) is 5.97 Å². The molecule has 0 aromatic heterocycles. The van der Waals surface area contributed by atoms with E-state index in [0.29, 0.717) is 18.9 Å². The highest BCUT2D eigenvalue weighted by Gasteiger charge is 2.03. The lowest BCUT2D eigenvalue weighted by Gasteiger charge is -2.09.